The number of methoxy groups -OCH3 is 1. The number of ketones is 1. The predicted octanol–water partition coefficient (Wildman–Crippen LogP) is 6.63. The van der Waals surface area contributed by atoms with Gasteiger partial charge in [-0.1, -0.05) is 56.4 Å². The number of hydrogen-bond donors (Lipinski definition) is 1. The zero-order chi connectivity index (χ0) is 27.9. The number of carbonyl (C=O) groups excluding carboxylic acids is 2. The fourth-order valence-corrected chi connectivity index (χ4v) is 5.69. The van der Waals surface area contributed by atoms with Gasteiger partial charge in [-0.05, 0) is 65.9 Å². The molecule has 1 aliphatic heterocycles. The number of aliphatic hydroxyl groups excluding tert-OH is 1. The first-order valence-corrected chi connectivity index (χ1v) is 13.5. The molecular formula is C31H30N2O5S. The zero-order valence-corrected chi connectivity index (χ0v) is 23.3. The molecule has 0 spiro atoms. The van der Waals surface area contributed by atoms with Crippen molar-refractivity contribution in [1.82, 2.24) is 4.98 Å². The van der Waals surface area contributed by atoms with Crippen LogP contribution in [-0.2, 0) is 15.0 Å². The molecule has 1 saturated heterocycles. The maximum Gasteiger partial charge on any atom is 0.301 e. The molecule has 1 atom stereocenters. The highest BCUT2D eigenvalue weighted by atomic mass is 32.1. The van der Waals surface area contributed by atoms with Gasteiger partial charge in [0.1, 0.15) is 17.3 Å². The number of fused-ring (bicyclic) bond motifs is 1. The minimum absolute atomic E-state index is 0.0181. The van der Waals surface area contributed by atoms with Crippen LogP contribution in [0.1, 0.15) is 50.4 Å². The van der Waals surface area contributed by atoms with E-state index >= 15 is 0 Å². The maximum absolute atomic E-state index is 13.6. The third-order valence-corrected chi connectivity index (χ3v) is 7.78. The van der Waals surface area contributed by atoms with Crippen LogP contribution in [-0.4, -0.2) is 35.5 Å². The molecule has 1 aliphatic rings. The number of carbonyl (C=O) groups is 2. The van der Waals surface area contributed by atoms with Crippen molar-refractivity contribution < 1.29 is 24.2 Å². The molecule has 4 aromatic rings. The average Bonchev–Trinajstić information content (AvgIpc) is 3.46. The minimum atomic E-state index is -0.854. The lowest BCUT2D eigenvalue weighted by Gasteiger charge is -2.24. The number of aliphatic hydroxyl groups is 1. The molecule has 7 nitrogen and oxygen atoms in total. The Morgan fingerprint density at radius 1 is 1.00 bits per heavy atom. The van der Waals surface area contributed by atoms with Crippen molar-refractivity contribution >= 4 is 44.1 Å². The Balaban J connectivity index is 1.67. The quantitative estimate of drug-likeness (QED) is 0.167. The molecule has 1 unspecified atom stereocenters. The van der Waals surface area contributed by atoms with Gasteiger partial charge in [-0.15, -0.1) is 0 Å². The number of rotatable bonds is 6. The van der Waals surface area contributed by atoms with Gasteiger partial charge in [0.2, 0.25) is 0 Å². The minimum Gasteiger partial charge on any atom is -0.507 e. The summed E-state index contributed by atoms with van der Waals surface area (Å²) in [6, 6.07) is 19.2. The summed E-state index contributed by atoms with van der Waals surface area (Å²) >= 11 is 1.29. The van der Waals surface area contributed by atoms with Crippen molar-refractivity contribution in [2.24, 2.45) is 0 Å². The molecule has 39 heavy (non-hydrogen) atoms. The summed E-state index contributed by atoms with van der Waals surface area (Å²) in [7, 11) is 1.59. The molecule has 1 aromatic heterocycles. The Labute approximate surface area is 231 Å². The highest BCUT2D eigenvalue weighted by Gasteiger charge is 2.48. The number of hydrogen-bond acceptors (Lipinski definition) is 7. The molecule has 3 aromatic carbocycles. The lowest BCUT2D eigenvalue weighted by atomic mass is 9.85. The number of thiazole rings is 1. The first-order valence-electron chi connectivity index (χ1n) is 12.7. The van der Waals surface area contributed by atoms with Crippen LogP contribution >= 0.6 is 11.3 Å². The van der Waals surface area contributed by atoms with E-state index in [0.717, 1.165) is 10.3 Å². The Bertz CT molecular complexity index is 1580. The van der Waals surface area contributed by atoms with Gasteiger partial charge in [0.05, 0.1) is 35.5 Å². The Morgan fingerprint density at radius 3 is 2.28 bits per heavy atom. The molecule has 200 valence electrons. The van der Waals surface area contributed by atoms with Crippen LogP contribution in [0.4, 0.5) is 5.13 Å². The van der Waals surface area contributed by atoms with E-state index in [0.29, 0.717) is 39.9 Å². The summed E-state index contributed by atoms with van der Waals surface area (Å²) < 4.78 is 11.7. The average molecular weight is 543 g/mol. The Hall–Kier alpha value is -4.17. The van der Waals surface area contributed by atoms with E-state index in [4.69, 9.17) is 9.47 Å². The van der Waals surface area contributed by atoms with Crippen molar-refractivity contribution in [1.29, 1.82) is 0 Å². The number of benzene rings is 3. The number of anilines is 1. The molecule has 0 saturated carbocycles. The van der Waals surface area contributed by atoms with Gasteiger partial charge in [0, 0.05) is 5.56 Å². The molecule has 5 rings (SSSR count). The van der Waals surface area contributed by atoms with Gasteiger partial charge in [-0.25, -0.2) is 4.98 Å². The number of Topliss-reactive ketones (excluding diaryl/α,β-unsaturated/α-hetero) is 1. The fourth-order valence-electron chi connectivity index (χ4n) is 4.66. The van der Waals surface area contributed by atoms with E-state index in [1.54, 1.807) is 37.4 Å². The van der Waals surface area contributed by atoms with Crippen molar-refractivity contribution in [2.75, 3.05) is 18.6 Å². The second-order valence-corrected chi connectivity index (χ2v) is 11.3. The van der Waals surface area contributed by atoms with Gasteiger partial charge >= 0.3 is 5.91 Å². The molecule has 0 aliphatic carbocycles. The second-order valence-electron chi connectivity index (χ2n) is 10.3. The standard InChI is InChI=1S/C31H30N2O5S/c1-6-38-21-13-9-19(10-14-21)27(34)25-26(18-7-11-20(12-8-18)31(2,3)4)33(29(36)28(25)35)30-32-23-16-15-22(37-5)17-24(23)39-30/h7-17,26,34H,6H2,1-5H3/b27-25+. The van der Waals surface area contributed by atoms with Gasteiger partial charge < -0.3 is 14.6 Å². The molecule has 0 radical (unpaired) electrons. The number of nitrogens with zero attached hydrogens (tertiary/aromatic N) is 2. The Kier molecular flexibility index (Phi) is 6.91. The van der Waals surface area contributed by atoms with Crippen LogP contribution in [0.15, 0.2) is 72.3 Å². The van der Waals surface area contributed by atoms with E-state index in [9.17, 15) is 14.7 Å². The molecule has 1 N–H and O–H groups in total. The van der Waals surface area contributed by atoms with Crippen molar-refractivity contribution in [2.45, 2.75) is 39.2 Å². The molecule has 1 amide bonds. The highest BCUT2D eigenvalue weighted by molar-refractivity contribution is 7.22. The summed E-state index contributed by atoms with van der Waals surface area (Å²) in [5.74, 6) is -0.425. The zero-order valence-electron chi connectivity index (χ0n) is 22.5. The van der Waals surface area contributed by atoms with Crippen LogP contribution in [0.25, 0.3) is 16.0 Å². The van der Waals surface area contributed by atoms with E-state index in [1.807, 2.05) is 43.3 Å². The first kappa shape index (κ1) is 26.4. The molecule has 2 heterocycles. The molecule has 0 bridgehead atoms. The van der Waals surface area contributed by atoms with E-state index < -0.39 is 17.7 Å². The van der Waals surface area contributed by atoms with Crippen molar-refractivity contribution in [3.63, 3.8) is 0 Å². The van der Waals surface area contributed by atoms with Crippen LogP contribution in [0.2, 0.25) is 0 Å². The van der Waals surface area contributed by atoms with E-state index in [2.05, 4.69) is 25.8 Å². The van der Waals surface area contributed by atoms with Crippen molar-refractivity contribution in [3.05, 3.63) is 89.0 Å². The van der Waals surface area contributed by atoms with Crippen molar-refractivity contribution in [3.8, 4) is 11.5 Å². The Morgan fingerprint density at radius 2 is 1.67 bits per heavy atom. The topological polar surface area (TPSA) is 89.0 Å². The summed E-state index contributed by atoms with van der Waals surface area (Å²) in [4.78, 5) is 33.2. The van der Waals surface area contributed by atoms with Gasteiger partial charge in [-0.3, -0.25) is 14.5 Å². The van der Waals surface area contributed by atoms with Gasteiger partial charge in [0.15, 0.2) is 5.13 Å². The monoisotopic (exact) mass is 542 g/mol. The predicted molar refractivity (Wildman–Crippen MR) is 154 cm³/mol. The highest BCUT2D eigenvalue weighted by Crippen LogP contribution is 2.45. The maximum atomic E-state index is 13.6. The lowest BCUT2D eigenvalue weighted by Crippen LogP contribution is -2.29. The summed E-state index contributed by atoms with van der Waals surface area (Å²) in [5.41, 5.74) is 2.86. The SMILES string of the molecule is CCOc1ccc(/C(O)=C2\C(=O)C(=O)N(c3nc4ccc(OC)cc4s3)C2c2ccc(C(C)(C)C)cc2)cc1. The van der Waals surface area contributed by atoms with Crippen LogP contribution in [0.3, 0.4) is 0 Å². The summed E-state index contributed by atoms with van der Waals surface area (Å²) in [6.07, 6.45) is 0. The fraction of sp³-hybridized carbons (Fsp3) is 0.258. The summed E-state index contributed by atoms with van der Waals surface area (Å²) in [5, 5.41) is 11.8. The van der Waals surface area contributed by atoms with Crippen LogP contribution in [0, 0.1) is 0 Å². The summed E-state index contributed by atoms with van der Waals surface area (Å²) in [6.45, 7) is 8.76. The normalized spacial score (nSPS) is 17.2. The molecular weight excluding hydrogens is 512 g/mol. The smallest absolute Gasteiger partial charge is 0.301 e. The second kappa shape index (κ2) is 10.2. The van der Waals surface area contributed by atoms with Gasteiger partial charge in [-0.2, -0.15) is 0 Å². The number of amides is 1. The third-order valence-electron chi connectivity index (χ3n) is 6.77. The van der Waals surface area contributed by atoms with Crippen LogP contribution in [0.5, 0.6) is 11.5 Å². The number of aromatic nitrogens is 1. The first-order chi connectivity index (χ1) is 18.6. The molecule has 1 fully saturated rings. The van der Waals surface area contributed by atoms with Crippen LogP contribution < -0.4 is 14.4 Å². The lowest BCUT2D eigenvalue weighted by molar-refractivity contribution is -0.132. The van der Waals surface area contributed by atoms with E-state index in [-0.39, 0.29) is 16.7 Å². The number of ether oxygens (including phenoxy) is 2. The third kappa shape index (κ3) is 4.88. The largest absolute Gasteiger partial charge is 0.507 e. The molecule has 8 heteroatoms. The van der Waals surface area contributed by atoms with E-state index in [1.165, 1.54) is 16.2 Å². The van der Waals surface area contributed by atoms with Gasteiger partial charge in [0.25, 0.3) is 5.78 Å².